The first kappa shape index (κ1) is 14.3. The third kappa shape index (κ3) is 3.93. The minimum Gasteiger partial charge on any atom is -0.375 e. The predicted molar refractivity (Wildman–Crippen MR) is 90.5 cm³/mol. The molecule has 2 N–H and O–H groups in total. The molecule has 0 aliphatic carbocycles. The van der Waals surface area contributed by atoms with E-state index in [2.05, 4.69) is 46.3 Å². The Morgan fingerprint density at radius 1 is 1.19 bits per heavy atom. The second-order valence-electron chi connectivity index (χ2n) is 5.37. The molecule has 0 fully saturated rings. The third-order valence-electron chi connectivity index (χ3n) is 3.84. The number of nitrogens with two attached hydrogens (primary N) is 1. The van der Waals surface area contributed by atoms with Gasteiger partial charge in [0.25, 0.3) is 0 Å². The number of fused-ring (bicyclic) bond motifs is 1. The lowest BCUT2D eigenvalue weighted by Gasteiger charge is -2.18. The van der Waals surface area contributed by atoms with Gasteiger partial charge in [-0.25, -0.2) is 4.98 Å². The second-order valence-corrected chi connectivity index (χ2v) is 6.48. The first-order chi connectivity index (χ1) is 10.3. The largest absolute Gasteiger partial charge is 0.375 e. The van der Waals surface area contributed by atoms with Crippen molar-refractivity contribution < 1.29 is 0 Å². The Morgan fingerprint density at radius 3 is 2.86 bits per heavy atom. The summed E-state index contributed by atoms with van der Waals surface area (Å²) in [6.45, 7) is 3.33. The SMILES string of the molecule is Nc1nc2c(s1)CCN(CCC=Cc1ccccc1)CC2. The first-order valence-corrected chi connectivity index (χ1v) is 8.31. The Labute approximate surface area is 130 Å². The number of benzene rings is 1. The van der Waals surface area contributed by atoms with Crippen molar-refractivity contribution in [3.63, 3.8) is 0 Å². The van der Waals surface area contributed by atoms with Crippen LogP contribution in [0.15, 0.2) is 36.4 Å². The maximum absolute atomic E-state index is 5.78. The molecule has 0 spiro atoms. The lowest BCUT2D eigenvalue weighted by atomic mass is 10.2. The molecule has 0 bridgehead atoms. The number of nitrogen functional groups attached to an aromatic ring is 1. The number of thiazole rings is 1. The minimum atomic E-state index is 0.722. The Balaban J connectivity index is 1.47. The smallest absolute Gasteiger partial charge is 0.180 e. The summed E-state index contributed by atoms with van der Waals surface area (Å²) in [5.41, 5.74) is 8.28. The zero-order chi connectivity index (χ0) is 14.5. The van der Waals surface area contributed by atoms with Crippen molar-refractivity contribution in [3.05, 3.63) is 52.5 Å². The van der Waals surface area contributed by atoms with Crippen LogP contribution in [-0.2, 0) is 12.8 Å². The number of aromatic nitrogens is 1. The van der Waals surface area contributed by atoms with Crippen LogP contribution < -0.4 is 5.73 Å². The third-order valence-corrected chi connectivity index (χ3v) is 4.82. The van der Waals surface area contributed by atoms with Crippen LogP contribution in [0.5, 0.6) is 0 Å². The van der Waals surface area contributed by atoms with Gasteiger partial charge in [-0.05, 0) is 18.4 Å². The van der Waals surface area contributed by atoms with Crippen molar-refractivity contribution in [3.8, 4) is 0 Å². The van der Waals surface area contributed by atoms with Gasteiger partial charge >= 0.3 is 0 Å². The van der Waals surface area contributed by atoms with E-state index in [9.17, 15) is 0 Å². The topological polar surface area (TPSA) is 42.1 Å². The lowest BCUT2D eigenvalue weighted by molar-refractivity contribution is 0.293. The molecule has 0 saturated carbocycles. The van der Waals surface area contributed by atoms with Gasteiger partial charge in [-0.15, -0.1) is 11.3 Å². The van der Waals surface area contributed by atoms with Crippen molar-refractivity contribution >= 4 is 22.5 Å². The van der Waals surface area contributed by atoms with Crippen molar-refractivity contribution in [1.82, 2.24) is 9.88 Å². The molecule has 0 radical (unpaired) electrons. The van der Waals surface area contributed by atoms with Crippen LogP contribution >= 0.6 is 11.3 Å². The van der Waals surface area contributed by atoms with E-state index < -0.39 is 0 Å². The molecule has 0 unspecified atom stereocenters. The molecule has 110 valence electrons. The maximum atomic E-state index is 5.78. The Kier molecular flexibility index (Phi) is 4.68. The van der Waals surface area contributed by atoms with Crippen LogP contribution in [0.3, 0.4) is 0 Å². The molecule has 1 aromatic carbocycles. The molecule has 3 nitrogen and oxygen atoms in total. The highest BCUT2D eigenvalue weighted by molar-refractivity contribution is 7.15. The average Bonchev–Trinajstić information content (AvgIpc) is 2.76. The normalized spacial score (nSPS) is 16.0. The lowest BCUT2D eigenvalue weighted by Crippen LogP contribution is -2.27. The average molecular weight is 299 g/mol. The summed E-state index contributed by atoms with van der Waals surface area (Å²) in [6, 6.07) is 10.5. The van der Waals surface area contributed by atoms with Gasteiger partial charge in [-0.2, -0.15) is 0 Å². The zero-order valence-corrected chi connectivity index (χ0v) is 13.0. The Morgan fingerprint density at radius 2 is 2.00 bits per heavy atom. The fourth-order valence-electron chi connectivity index (χ4n) is 2.69. The first-order valence-electron chi connectivity index (χ1n) is 7.49. The van der Waals surface area contributed by atoms with E-state index in [-0.39, 0.29) is 0 Å². The molecule has 0 saturated heterocycles. The minimum absolute atomic E-state index is 0.722. The van der Waals surface area contributed by atoms with Gasteiger partial charge in [0, 0.05) is 30.9 Å². The molecule has 1 aromatic heterocycles. The summed E-state index contributed by atoms with van der Waals surface area (Å²) < 4.78 is 0. The Hall–Kier alpha value is -1.65. The summed E-state index contributed by atoms with van der Waals surface area (Å²) in [4.78, 5) is 8.35. The fourth-order valence-corrected chi connectivity index (χ4v) is 3.56. The van der Waals surface area contributed by atoms with Crippen LogP contribution in [0.25, 0.3) is 6.08 Å². The summed E-state index contributed by atoms with van der Waals surface area (Å²) in [5.74, 6) is 0. The molecule has 2 aromatic rings. The van der Waals surface area contributed by atoms with Gasteiger partial charge in [0.05, 0.1) is 5.69 Å². The highest BCUT2D eigenvalue weighted by Gasteiger charge is 2.16. The van der Waals surface area contributed by atoms with Crippen LogP contribution in [0.1, 0.15) is 22.6 Å². The number of hydrogen-bond donors (Lipinski definition) is 1. The van der Waals surface area contributed by atoms with E-state index in [0.717, 1.165) is 44.0 Å². The molecule has 0 atom stereocenters. The molecule has 4 heteroatoms. The number of rotatable bonds is 4. The fraction of sp³-hybridized carbons (Fsp3) is 0.353. The van der Waals surface area contributed by atoms with E-state index >= 15 is 0 Å². The summed E-state index contributed by atoms with van der Waals surface area (Å²) >= 11 is 1.66. The molecule has 3 rings (SSSR count). The van der Waals surface area contributed by atoms with Gasteiger partial charge in [0.15, 0.2) is 5.13 Å². The van der Waals surface area contributed by atoms with Crippen molar-refractivity contribution in [1.29, 1.82) is 0 Å². The molecule has 21 heavy (non-hydrogen) atoms. The van der Waals surface area contributed by atoms with E-state index in [4.69, 9.17) is 5.73 Å². The summed E-state index contributed by atoms with van der Waals surface area (Å²) in [6.07, 6.45) is 7.69. The molecular weight excluding hydrogens is 278 g/mol. The second kappa shape index (κ2) is 6.87. The van der Waals surface area contributed by atoms with E-state index in [1.165, 1.54) is 16.1 Å². The highest BCUT2D eigenvalue weighted by Crippen LogP contribution is 2.24. The molecular formula is C17H21N3S. The van der Waals surface area contributed by atoms with Gasteiger partial charge < -0.3 is 10.6 Å². The van der Waals surface area contributed by atoms with Gasteiger partial charge in [0.1, 0.15) is 0 Å². The molecule has 1 aliphatic rings. The molecule has 0 amide bonds. The number of anilines is 1. The van der Waals surface area contributed by atoms with E-state index in [0.29, 0.717) is 0 Å². The van der Waals surface area contributed by atoms with Crippen LogP contribution in [0.2, 0.25) is 0 Å². The summed E-state index contributed by atoms with van der Waals surface area (Å²) in [7, 11) is 0. The maximum Gasteiger partial charge on any atom is 0.180 e. The quantitative estimate of drug-likeness (QED) is 0.942. The van der Waals surface area contributed by atoms with Gasteiger partial charge in [-0.3, -0.25) is 0 Å². The van der Waals surface area contributed by atoms with Crippen molar-refractivity contribution in [2.45, 2.75) is 19.3 Å². The van der Waals surface area contributed by atoms with Crippen LogP contribution in [-0.4, -0.2) is 29.5 Å². The van der Waals surface area contributed by atoms with E-state index in [1.807, 2.05) is 6.07 Å². The predicted octanol–water partition coefficient (Wildman–Crippen LogP) is 3.23. The van der Waals surface area contributed by atoms with Crippen LogP contribution in [0.4, 0.5) is 5.13 Å². The van der Waals surface area contributed by atoms with Crippen molar-refractivity contribution in [2.24, 2.45) is 0 Å². The molecule has 1 aliphatic heterocycles. The monoisotopic (exact) mass is 299 g/mol. The van der Waals surface area contributed by atoms with Crippen molar-refractivity contribution in [2.75, 3.05) is 25.4 Å². The van der Waals surface area contributed by atoms with Crippen LogP contribution in [0, 0.1) is 0 Å². The highest BCUT2D eigenvalue weighted by atomic mass is 32.1. The zero-order valence-electron chi connectivity index (χ0n) is 12.2. The number of nitrogens with zero attached hydrogens (tertiary/aromatic N) is 2. The van der Waals surface area contributed by atoms with E-state index in [1.54, 1.807) is 11.3 Å². The van der Waals surface area contributed by atoms with Gasteiger partial charge in [-0.1, -0.05) is 42.5 Å². The van der Waals surface area contributed by atoms with Gasteiger partial charge in [0.2, 0.25) is 0 Å². The number of hydrogen-bond acceptors (Lipinski definition) is 4. The summed E-state index contributed by atoms with van der Waals surface area (Å²) in [5, 5.41) is 0.722. The Bertz CT molecular complexity index is 578. The standard InChI is InChI=1S/C17H21N3S/c18-17-19-15-9-12-20(13-10-16(15)21-17)11-5-4-8-14-6-2-1-3-7-14/h1-4,6-8H,5,9-13H2,(H2,18,19). The molecule has 2 heterocycles.